The first-order valence-corrected chi connectivity index (χ1v) is 5.10. The fraction of sp³-hybridized carbons (Fsp3) is 0.455. The molecule has 0 bridgehead atoms. The Morgan fingerprint density at radius 3 is 3.00 bits per heavy atom. The number of esters is 1. The van der Waals surface area contributed by atoms with E-state index in [0.29, 0.717) is 12.4 Å². The monoisotopic (exact) mass is 234 g/mol. The number of hydrogen-bond acceptors (Lipinski definition) is 6. The lowest BCUT2D eigenvalue weighted by Gasteiger charge is -2.19. The summed E-state index contributed by atoms with van der Waals surface area (Å²) < 4.78 is 4.54. The van der Waals surface area contributed by atoms with Crippen LogP contribution in [0, 0.1) is 17.2 Å². The highest BCUT2D eigenvalue weighted by molar-refractivity contribution is 5.85. The second kappa shape index (κ2) is 5.80. The lowest BCUT2D eigenvalue weighted by molar-refractivity contribution is 0.0587. The van der Waals surface area contributed by atoms with E-state index in [2.05, 4.69) is 20.8 Å². The number of aromatic nitrogens is 2. The maximum atomic E-state index is 11.2. The van der Waals surface area contributed by atoms with Gasteiger partial charge in [0.15, 0.2) is 0 Å². The van der Waals surface area contributed by atoms with Gasteiger partial charge in [-0.2, -0.15) is 5.26 Å². The molecule has 17 heavy (non-hydrogen) atoms. The quantitative estimate of drug-likeness (QED) is 0.719. The Bertz CT molecular complexity index is 441. The number of carbonyl (C=O) groups is 1. The molecule has 0 aliphatic heterocycles. The summed E-state index contributed by atoms with van der Waals surface area (Å²) in [6, 6.07) is 3.81. The molecule has 1 heterocycles. The largest absolute Gasteiger partial charge is 0.463 e. The molecule has 0 aliphatic carbocycles. The van der Waals surface area contributed by atoms with Crippen LogP contribution < -0.4 is 4.90 Å². The molecule has 1 atom stereocenters. The standard InChI is InChI=1S/C11H14N4O2/c1-8(6-12)7-15(2)9-4-5-13-10(14-9)11(16)17-3/h4-5,8H,7H2,1-3H3. The summed E-state index contributed by atoms with van der Waals surface area (Å²) in [5.74, 6) is -0.0888. The van der Waals surface area contributed by atoms with Gasteiger partial charge in [-0.25, -0.2) is 14.8 Å². The second-order valence-electron chi connectivity index (χ2n) is 3.64. The van der Waals surface area contributed by atoms with Crippen molar-refractivity contribution in [3.05, 3.63) is 18.1 Å². The van der Waals surface area contributed by atoms with Gasteiger partial charge in [-0.1, -0.05) is 0 Å². The van der Waals surface area contributed by atoms with Crippen molar-refractivity contribution in [3.63, 3.8) is 0 Å². The SMILES string of the molecule is COC(=O)c1nccc(N(C)CC(C)C#N)n1. The van der Waals surface area contributed by atoms with E-state index in [0.717, 1.165) is 0 Å². The number of methoxy groups -OCH3 is 1. The molecule has 1 unspecified atom stereocenters. The molecule has 6 heteroatoms. The summed E-state index contributed by atoms with van der Waals surface area (Å²) in [6.45, 7) is 2.35. The smallest absolute Gasteiger partial charge is 0.376 e. The van der Waals surface area contributed by atoms with E-state index < -0.39 is 5.97 Å². The van der Waals surface area contributed by atoms with Gasteiger partial charge in [0.25, 0.3) is 0 Å². The van der Waals surface area contributed by atoms with E-state index in [1.165, 1.54) is 13.3 Å². The zero-order chi connectivity index (χ0) is 12.8. The van der Waals surface area contributed by atoms with Crippen LogP contribution in [0.2, 0.25) is 0 Å². The van der Waals surface area contributed by atoms with Gasteiger partial charge < -0.3 is 9.64 Å². The van der Waals surface area contributed by atoms with Crippen molar-refractivity contribution in [1.82, 2.24) is 9.97 Å². The molecule has 0 fully saturated rings. The predicted octanol–water partition coefficient (Wildman–Crippen LogP) is 0.859. The van der Waals surface area contributed by atoms with Crippen molar-refractivity contribution in [3.8, 4) is 6.07 Å². The molecule has 0 N–H and O–H groups in total. The molecule has 0 radical (unpaired) electrons. The van der Waals surface area contributed by atoms with Gasteiger partial charge in [0.2, 0.25) is 5.82 Å². The molecule has 0 spiro atoms. The van der Waals surface area contributed by atoms with Crippen molar-refractivity contribution >= 4 is 11.8 Å². The summed E-state index contributed by atoms with van der Waals surface area (Å²) >= 11 is 0. The van der Waals surface area contributed by atoms with Crippen LogP contribution in [-0.4, -0.2) is 36.6 Å². The van der Waals surface area contributed by atoms with Crippen molar-refractivity contribution in [2.24, 2.45) is 5.92 Å². The van der Waals surface area contributed by atoms with Gasteiger partial charge in [-0.3, -0.25) is 0 Å². The highest BCUT2D eigenvalue weighted by atomic mass is 16.5. The van der Waals surface area contributed by atoms with Gasteiger partial charge in [-0.15, -0.1) is 0 Å². The molecule has 1 aromatic rings. The molecule has 90 valence electrons. The first-order valence-electron chi connectivity index (χ1n) is 5.10. The molecule has 0 amide bonds. The minimum Gasteiger partial charge on any atom is -0.463 e. The van der Waals surface area contributed by atoms with Crippen LogP contribution >= 0.6 is 0 Å². The van der Waals surface area contributed by atoms with Crippen LogP contribution in [0.1, 0.15) is 17.5 Å². The number of carbonyl (C=O) groups excluding carboxylic acids is 1. The van der Waals surface area contributed by atoms with Gasteiger partial charge >= 0.3 is 5.97 Å². The third kappa shape index (κ3) is 3.41. The normalized spacial score (nSPS) is 11.4. The van der Waals surface area contributed by atoms with Gasteiger partial charge in [0, 0.05) is 19.8 Å². The summed E-state index contributed by atoms with van der Waals surface area (Å²) in [5, 5.41) is 8.73. The Labute approximate surface area is 99.9 Å². The first kappa shape index (κ1) is 12.9. The van der Waals surface area contributed by atoms with Crippen LogP contribution in [0.3, 0.4) is 0 Å². The van der Waals surface area contributed by atoms with Gasteiger partial charge in [-0.05, 0) is 13.0 Å². The molecule has 0 aromatic carbocycles. The maximum Gasteiger partial charge on any atom is 0.376 e. The highest BCUT2D eigenvalue weighted by Gasteiger charge is 2.12. The van der Waals surface area contributed by atoms with E-state index in [1.54, 1.807) is 18.0 Å². The number of rotatable bonds is 4. The van der Waals surface area contributed by atoms with Gasteiger partial charge in [0.1, 0.15) is 5.82 Å². The molecule has 0 saturated carbocycles. The van der Waals surface area contributed by atoms with Gasteiger partial charge in [0.05, 0.1) is 19.1 Å². The minimum absolute atomic E-state index is 0.0152. The zero-order valence-corrected chi connectivity index (χ0v) is 10.0. The van der Waals surface area contributed by atoms with E-state index in [4.69, 9.17) is 5.26 Å². The number of anilines is 1. The minimum atomic E-state index is -0.575. The Morgan fingerprint density at radius 1 is 1.71 bits per heavy atom. The predicted molar refractivity (Wildman–Crippen MR) is 61.4 cm³/mol. The maximum absolute atomic E-state index is 11.2. The van der Waals surface area contributed by atoms with Crippen LogP contribution in [0.5, 0.6) is 0 Å². The third-order valence-corrected chi connectivity index (χ3v) is 2.17. The first-order chi connectivity index (χ1) is 8.08. The lowest BCUT2D eigenvalue weighted by Crippen LogP contribution is -2.25. The molecule has 1 aromatic heterocycles. The number of ether oxygens (including phenoxy) is 1. The highest BCUT2D eigenvalue weighted by Crippen LogP contribution is 2.10. The molecular weight excluding hydrogens is 220 g/mol. The molecule has 0 saturated heterocycles. The lowest BCUT2D eigenvalue weighted by atomic mass is 10.2. The summed E-state index contributed by atoms with van der Waals surface area (Å²) in [4.78, 5) is 20.9. The van der Waals surface area contributed by atoms with Crippen molar-refractivity contribution in [1.29, 1.82) is 5.26 Å². The Hall–Kier alpha value is -2.16. The van der Waals surface area contributed by atoms with E-state index >= 15 is 0 Å². The summed E-state index contributed by atoms with van der Waals surface area (Å²) in [7, 11) is 3.08. The van der Waals surface area contributed by atoms with Crippen LogP contribution in [0.15, 0.2) is 12.3 Å². The van der Waals surface area contributed by atoms with E-state index in [9.17, 15) is 4.79 Å². The van der Waals surface area contributed by atoms with Crippen LogP contribution in [0.25, 0.3) is 0 Å². The van der Waals surface area contributed by atoms with Crippen molar-refractivity contribution < 1.29 is 9.53 Å². The molecule has 1 rings (SSSR count). The summed E-state index contributed by atoms with van der Waals surface area (Å²) in [6.07, 6.45) is 1.49. The Morgan fingerprint density at radius 2 is 2.41 bits per heavy atom. The number of nitrogens with zero attached hydrogens (tertiary/aromatic N) is 4. The molecule has 6 nitrogen and oxygen atoms in total. The number of hydrogen-bond donors (Lipinski definition) is 0. The number of nitriles is 1. The second-order valence-corrected chi connectivity index (χ2v) is 3.64. The average Bonchev–Trinajstić information content (AvgIpc) is 2.37. The Balaban J connectivity index is 2.85. The average molecular weight is 234 g/mol. The zero-order valence-electron chi connectivity index (χ0n) is 10.0. The van der Waals surface area contributed by atoms with Crippen molar-refractivity contribution in [2.75, 3.05) is 25.6 Å². The topological polar surface area (TPSA) is 79.1 Å². The molecular formula is C11H14N4O2. The Kier molecular flexibility index (Phi) is 4.40. The van der Waals surface area contributed by atoms with E-state index in [1.807, 2.05) is 6.92 Å². The molecule has 0 aliphatic rings. The fourth-order valence-electron chi connectivity index (χ4n) is 1.30. The van der Waals surface area contributed by atoms with Crippen LogP contribution in [0.4, 0.5) is 5.82 Å². The van der Waals surface area contributed by atoms with Crippen molar-refractivity contribution in [2.45, 2.75) is 6.92 Å². The van der Waals surface area contributed by atoms with Crippen LogP contribution in [-0.2, 0) is 4.74 Å². The van der Waals surface area contributed by atoms with E-state index in [-0.39, 0.29) is 11.7 Å². The summed E-state index contributed by atoms with van der Waals surface area (Å²) in [5.41, 5.74) is 0. The third-order valence-electron chi connectivity index (χ3n) is 2.17. The fourth-order valence-corrected chi connectivity index (χ4v) is 1.30.